The molecule has 2 aromatic rings. The van der Waals surface area contributed by atoms with Crippen LogP contribution in [0.25, 0.3) is 0 Å². The third-order valence-electron chi connectivity index (χ3n) is 3.30. The van der Waals surface area contributed by atoms with Gasteiger partial charge in [-0.3, -0.25) is 0 Å². The van der Waals surface area contributed by atoms with E-state index in [-0.39, 0.29) is 0 Å². The average molecular weight is 268 g/mol. The summed E-state index contributed by atoms with van der Waals surface area (Å²) >= 11 is 0. The maximum Gasteiger partial charge on any atom is 0.127 e. The molecule has 0 aromatic heterocycles. The molecule has 0 saturated heterocycles. The molecule has 0 spiro atoms. The molecule has 0 unspecified atom stereocenters. The van der Waals surface area contributed by atoms with Crippen LogP contribution >= 0.6 is 0 Å². The molecule has 0 aliphatic heterocycles. The Labute approximate surface area is 120 Å². The van der Waals surface area contributed by atoms with E-state index < -0.39 is 0 Å². The Kier molecular flexibility index (Phi) is 4.19. The molecule has 0 amide bonds. The number of nitrogens with one attached hydrogen (secondary N) is 2. The van der Waals surface area contributed by atoms with Gasteiger partial charge in [0.2, 0.25) is 0 Å². The number of hydrogen-bond acceptors (Lipinski definition) is 3. The standard InChI is InChI=1S/C17H20N2O/c1-2-4-16(5-3-1)20-17-10-8-15(9-11-17)19-13-12-18-14-6-7-14/h1-5,8-11,14,18-19H,6-7,12-13H2. The number of benzene rings is 2. The zero-order chi connectivity index (χ0) is 13.6. The molecule has 1 aliphatic rings. The van der Waals surface area contributed by atoms with E-state index in [9.17, 15) is 0 Å². The predicted molar refractivity (Wildman–Crippen MR) is 82.5 cm³/mol. The van der Waals surface area contributed by atoms with Crippen molar-refractivity contribution in [3.63, 3.8) is 0 Å². The zero-order valence-corrected chi connectivity index (χ0v) is 11.5. The lowest BCUT2D eigenvalue weighted by Gasteiger charge is -2.09. The normalized spacial score (nSPS) is 14.0. The third kappa shape index (κ3) is 4.00. The Morgan fingerprint density at radius 3 is 2.25 bits per heavy atom. The Morgan fingerprint density at radius 2 is 1.55 bits per heavy atom. The van der Waals surface area contributed by atoms with Gasteiger partial charge in [0.25, 0.3) is 0 Å². The van der Waals surface area contributed by atoms with Crippen molar-refractivity contribution in [2.45, 2.75) is 18.9 Å². The lowest BCUT2D eigenvalue weighted by atomic mass is 10.3. The van der Waals surface area contributed by atoms with Crippen LogP contribution in [0.1, 0.15) is 12.8 Å². The van der Waals surface area contributed by atoms with E-state index in [0.29, 0.717) is 0 Å². The molecule has 2 aromatic carbocycles. The Hall–Kier alpha value is -2.00. The maximum atomic E-state index is 5.76. The lowest BCUT2D eigenvalue weighted by Crippen LogP contribution is -2.23. The molecule has 20 heavy (non-hydrogen) atoms. The van der Waals surface area contributed by atoms with Gasteiger partial charge in [-0.15, -0.1) is 0 Å². The minimum absolute atomic E-state index is 0.776. The minimum Gasteiger partial charge on any atom is -0.457 e. The number of anilines is 1. The van der Waals surface area contributed by atoms with Crippen LogP contribution in [0.3, 0.4) is 0 Å². The fourth-order valence-electron chi connectivity index (χ4n) is 2.04. The first kappa shape index (κ1) is 13.0. The SMILES string of the molecule is c1ccc(Oc2ccc(NCCNC3CC3)cc2)cc1. The smallest absolute Gasteiger partial charge is 0.127 e. The molecule has 3 nitrogen and oxygen atoms in total. The molecule has 1 fully saturated rings. The van der Waals surface area contributed by atoms with Crippen LogP contribution in [0.2, 0.25) is 0 Å². The van der Waals surface area contributed by atoms with Gasteiger partial charge < -0.3 is 15.4 Å². The van der Waals surface area contributed by atoms with E-state index in [2.05, 4.69) is 22.8 Å². The van der Waals surface area contributed by atoms with Gasteiger partial charge >= 0.3 is 0 Å². The molecule has 104 valence electrons. The molecule has 3 rings (SSSR count). The van der Waals surface area contributed by atoms with Crippen molar-refractivity contribution >= 4 is 5.69 Å². The summed E-state index contributed by atoms with van der Waals surface area (Å²) in [5.74, 6) is 1.72. The van der Waals surface area contributed by atoms with E-state index >= 15 is 0 Å². The third-order valence-corrected chi connectivity index (χ3v) is 3.30. The van der Waals surface area contributed by atoms with Gasteiger partial charge in [-0.25, -0.2) is 0 Å². The van der Waals surface area contributed by atoms with Gasteiger partial charge in [0, 0.05) is 24.8 Å². The van der Waals surface area contributed by atoms with Crippen molar-refractivity contribution in [1.82, 2.24) is 5.32 Å². The van der Waals surface area contributed by atoms with E-state index in [4.69, 9.17) is 4.74 Å². The number of hydrogen-bond donors (Lipinski definition) is 2. The number of para-hydroxylation sites is 1. The highest BCUT2D eigenvalue weighted by Crippen LogP contribution is 2.22. The molecule has 1 saturated carbocycles. The minimum atomic E-state index is 0.776. The summed E-state index contributed by atoms with van der Waals surface area (Å²) in [6, 6.07) is 18.7. The monoisotopic (exact) mass is 268 g/mol. The summed E-state index contributed by atoms with van der Waals surface area (Å²) in [6.45, 7) is 1.97. The molecule has 3 heteroatoms. The van der Waals surface area contributed by atoms with Gasteiger partial charge in [-0.05, 0) is 49.2 Å². The van der Waals surface area contributed by atoms with E-state index in [1.165, 1.54) is 12.8 Å². The summed E-state index contributed by atoms with van der Waals surface area (Å²) in [7, 11) is 0. The highest BCUT2D eigenvalue weighted by molar-refractivity contribution is 5.47. The number of ether oxygens (including phenoxy) is 1. The fourth-order valence-corrected chi connectivity index (χ4v) is 2.04. The Balaban J connectivity index is 1.46. The zero-order valence-electron chi connectivity index (χ0n) is 11.5. The molecule has 0 bridgehead atoms. The second-order valence-electron chi connectivity index (χ2n) is 5.09. The van der Waals surface area contributed by atoms with Crippen molar-refractivity contribution in [3.8, 4) is 11.5 Å². The van der Waals surface area contributed by atoms with Gasteiger partial charge in [-0.2, -0.15) is 0 Å². The first-order chi connectivity index (χ1) is 9.90. The van der Waals surface area contributed by atoms with E-state index in [0.717, 1.165) is 36.3 Å². The molecular formula is C17H20N2O. The largest absolute Gasteiger partial charge is 0.457 e. The van der Waals surface area contributed by atoms with Crippen LogP contribution in [0.5, 0.6) is 11.5 Å². The maximum absolute atomic E-state index is 5.76. The van der Waals surface area contributed by atoms with E-state index in [1.54, 1.807) is 0 Å². The van der Waals surface area contributed by atoms with Crippen LogP contribution in [0.4, 0.5) is 5.69 Å². The van der Waals surface area contributed by atoms with Crippen LogP contribution in [-0.2, 0) is 0 Å². The Morgan fingerprint density at radius 1 is 0.850 bits per heavy atom. The Bertz CT molecular complexity index is 520. The summed E-state index contributed by atoms with van der Waals surface area (Å²) < 4.78 is 5.76. The lowest BCUT2D eigenvalue weighted by molar-refractivity contribution is 0.483. The number of rotatable bonds is 7. The quantitative estimate of drug-likeness (QED) is 0.752. The topological polar surface area (TPSA) is 33.3 Å². The van der Waals surface area contributed by atoms with Crippen molar-refractivity contribution < 1.29 is 4.74 Å². The van der Waals surface area contributed by atoms with Crippen LogP contribution in [0, 0.1) is 0 Å². The molecule has 0 atom stereocenters. The first-order valence-electron chi connectivity index (χ1n) is 7.20. The molecule has 0 heterocycles. The van der Waals surface area contributed by atoms with Crippen LogP contribution < -0.4 is 15.4 Å². The van der Waals surface area contributed by atoms with Crippen molar-refractivity contribution in [1.29, 1.82) is 0 Å². The summed E-state index contributed by atoms with van der Waals surface area (Å²) in [5.41, 5.74) is 1.13. The van der Waals surface area contributed by atoms with Crippen molar-refractivity contribution in [2.75, 3.05) is 18.4 Å². The van der Waals surface area contributed by atoms with Crippen molar-refractivity contribution in [3.05, 3.63) is 54.6 Å². The second-order valence-corrected chi connectivity index (χ2v) is 5.09. The molecule has 2 N–H and O–H groups in total. The van der Waals surface area contributed by atoms with E-state index in [1.807, 2.05) is 42.5 Å². The van der Waals surface area contributed by atoms with Crippen molar-refractivity contribution in [2.24, 2.45) is 0 Å². The summed E-state index contributed by atoms with van der Waals surface area (Å²) in [5, 5.41) is 6.88. The fraction of sp³-hybridized carbons (Fsp3) is 0.294. The molecular weight excluding hydrogens is 248 g/mol. The molecule has 0 radical (unpaired) electrons. The summed E-state index contributed by atoms with van der Waals surface area (Å²) in [4.78, 5) is 0. The highest BCUT2D eigenvalue weighted by Gasteiger charge is 2.19. The summed E-state index contributed by atoms with van der Waals surface area (Å²) in [6.07, 6.45) is 2.68. The average Bonchev–Trinajstić information content (AvgIpc) is 3.31. The van der Waals surface area contributed by atoms with Gasteiger partial charge in [0.1, 0.15) is 11.5 Å². The first-order valence-corrected chi connectivity index (χ1v) is 7.20. The van der Waals surface area contributed by atoms with Gasteiger partial charge in [-0.1, -0.05) is 18.2 Å². The van der Waals surface area contributed by atoms with Crippen LogP contribution in [0.15, 0.2) is 54.6 Å². The van der Waals surface area contributed by atoms with Gasteiger partial charge in [0.15, 0.2) is 0 Å². The highest BCUT2D eigenvalue weighted by atomic mass is 16.5. The van der Waals surface area contributed by atoms with Crippen LogP contribution in [-0.4, -0.2) is 19.1 Å². The second kappa shape index (κ2) is 6.44. The molecule has 1 aliphatic carbocycles. The predicted octanol–water partition coefficient (Wildman–Crippen LogP) is 3.64. The van der Waals surface area contributed by atoms with Gasteiger partial charge in [0.05, 0.1) is 0 Å².